The highest BCUT2D eigenvalue weighted by Crippen LogP contribution is 2.19. The van der Waals surface area contributed by atoms with Crippen LogP contribution < -0.4 is 5.32 Å². The molecular weight excluding hydrogens is 322 g/mol. The van der Waals surface area contributed by atoms with Crippen LogP contribution in [-0.4, -0.2) is 26.6 Å². The van der Waals surface area contributed by atoms with E-state index < -0.39 is 10.8 Å². The average Bonchev–Trinajstić information content (AvgIpc) is 3.09. The normalized spacial score (nSPS) is 11.9. The summed E-state index contributed by atoms with van der Waals surface area (Å²) >= 11 is 0. The molecule has 2 N–H and O–H groups in total. The molecule has 0 aliphatic rings. The lowest BCUT2D eigenvalue weighted by Gasteiger charge is -2.07. The molecular formula is C18H17N3O2S. The third-order valence-corrected chi connectivity index (χ3v) is 4.25. The van der Waals surface area contributed by atoms with E-state index in [9.17, 15) is 9.00 Å². The summed E-state index contributed by atoms with van der Waals surface area (Å²) in [5.41, 5.74) is 4.08. The summed E-state index contributed by atoms with van der Waals surface area (Å²) < 4.78 is 11.3. The number of hydrogen-bond donors (Lipinski definition) is 2. The van der Waals surface area contributed by atoms with E-state index in [0.29, 0.717) is 17.0 Å². The van der Waals surface area contributed by atoms with Crippen LogP contribution in [0.15, 0.2) is 60.8 Å². The van der Waals surface area contributed by atoms with Crippen LogP contribution in [0.4, 0.5) is 5.69 Å². The fourth-order valence-corrected chi connectivity index (χ4v) is 3.04. The number of hydrogen-bond acceptors (Lipinski definition) is 3. The minimum atomic E-state index is -0.933. The minimum Gasteiger partial charge on any atom is -0.322 e. The van der Waals surface area contributed by atoms with Crippen LogP contribution in [-0.2, 0) is 16.6 Å². The number of aromatic amines is 1. The van der Waals surface area contributed by atoms with E-state index in [1.54, 1.807) is 30.7 Å². The van der Waals surface area contributed by atoms with E-state index in [4.69, 9.17) is 0 Å². The van der Waals surface area contributed by atoms with Gasteiger partial charge in [-0.15, -0.1) is 0 Å². The van der Waals surface area contributed by atoms with Crippen LogP contribution in [0.1, 0.15) is 15.9 Å². The van der Waals surface area contributed by atoms with Crippen LogP contribution >= 0.6 is 0 Å². The largest absolute Gasteiger partial charge is 0.322 e. The van der Waals surface area contributed by atoms with E-state index in [1.807, 2.05) is 36.4 Å². The van der Waals surface area contributed by atoms with Gasteiger partial charge in [-0.1, -0.05) is 24.3 Å². The monoisotopic (exact) mass is 339 g/mol. The van der Waals surface area contributed by atoms with Crippen molar-refractivity contribution in [2.75, 3.05) is 11.6 Å². The summed E-state index contributed by atoms with van der Waals surface area (Å²) in [6, 6.07) is 16.6. The van der Waals surface area contributed by atoms with Gasteiger partial charge in [0.15, 0.2) is 0 Å². The maximum absolute atomic E-state index is 12.4. The van der Waals surface area contributed by atoms with Gasteiger partial charge in [0, 0.05) is 40.3 Å². The third-order valence-electron chi connectivity index (χ3n) is 3.51. The molecule has 0 unspecified atom stereocenters. The van der Waals surface area contributed by atoms with E-state index in [2.05, 4.69) is 15.5 Å². The molecule has 1 aromatic heterocycles. The molecule has 3 rings (SSSR count). The summed E-state index contributed by atoms with van der Waals surface area (Å²) in [6.07, 6.45) is 3.34. The predicted octanol–water partition coefficient (Wildman–Crippen LogP) is 3.21. The van der Waals surface area contributed by atoms with Crippen molar-refractivity contribution in [2.45, 2.75) is 5.75 Å². The molecule has 5 nitrogen and oxygen atoms in total. The third kappa shape index (κ3) is 3.97. The Morgan fingerprint density at radius 3 is 2.62 bits per heavy atom. The number of carbonyl (C=O) groups excluding carboxylic acids is 1. The molecule has 0 spiro atoms. The molecule has 1 heterocycles. The molecule has 1 atom stereocenters. The maximum Gasteiger partial charge on any atom is 0.255 e. The van der Waals surface area contributed by atoms with Crippen molar-refractivity contribution in [3.8, 4) is 11.3 Å². The van der Waals surface area contributed by atoms with Gasteiger partial charge in [0.1, 0.15) is 0 Å². The number of nitrogens with zero attached hydrogens (tertiary/aromatic N) is 1. The standard InChI is InChI=1S/C18H17N3O2S/c1-24(23)12-13-3-2-4-15(11-13)18(22)20-16-7-5-14(6-8-16)17-9-10-19-21-17/h2-11H,12H2,1H3,(H,19,21)(H,20,22)/t24-/m1/s1. The summed E-state index contributed by atoms with van der Waals surface area (Å²) in [4.78, 5) is 12.4. The Bertz CT molecular complexity index is 858. The van der Waals surface area contributed by atoms with Crippen LogP contribution in [0.2, 0.25) is 0 Å². The molecule has 0 bridgehead atoms. The fraction of sp³-hybridized carbons (Fsp3) is 0.111. The minimum absolute atomic E-state index is 0.187. The van der Waals surface area contributed by atoms with Crippen molar-refractivity contribution < 1.29 is 9.00 Å². The topological polar surface area (TPSA) is 74.8 Å². The average molecular weight is 339 g/mol. The Balaban J connectivity index is 1.71. The first kappa shape index (κ1) is 16.1. The lowest BCUT2D eigenvalue weighted by Crippen LogP contribution is -2.12. The van der Waals surface area contributed by atoms with Crippen molar-refractivity contribution in [2.24, 2.45) is 0 Å². The molecule has 0 saturated carbocycles. The first-order valence-electron chi connectivity index (χ1n) is 7.42. The number of anilines is 1. The second-order valence-corrected chi connectivity index (χ2v) is 6.85. The highest BCUT2D eigenvalue weighted by Gasteiger charge is 2.08. The zero-order valence-corrected chi connectivity index (χ0v) is 14.0. The SMILES string of the molecule is C[S@@](=O)Cc1cccc(C(=O)Nc2ccc(-c3ccn[nH]3)cc2)c1. The van der Waals surface area contributed by atoms with E-state index >= 15 is 0 Å². The number of amides is 1. The zero-order chi connectivity index (χ0) is 16.9. The van der Waals surface area contributed by atoms with Gasteiger partial charge in [0.05, 0.1) is 5.69 Å². The second-order valence-electron chi connectivity index (χ2n) is 5.42. The Hall–Kier alpha value is -2.73. The molecule has 0 fully saturated rings. The maximum atomic E-state index is 12.4. The van der Waals surface area contributed by atoms with Gasteiger partial charge in [-0.25, -0.2) is 0 Å². The van der Waals surface area contributed by atoms with Gasteiger partial charge in [0.25, 0.3) is 5.91 Å². The molecule has 0 aliphatic carbocycles. The molecule has 0 aliphatic heterocycles. The van der Waals surface area contributed by atoms with Crippen LogP contribution in [0.3, 0.4) is 0 Å². The lowest BCUT2D eigenvalue weighted by molar-refractivity contribution is 0.102. The van der Waals surface area contributed by atoms with Crippen LogP contribution in [0.25, 0.3) is 11.3 Å². The molecule has 122 valence electrons. The zero-order valence-electron chi connectivity index (χ0n) is 13.2. The molecule has 2 aromatic carbocycles. The number of rotatable bonds is 5. The number of carbonyl (C=O) groups is 1. The van der Waals surface area contributed by atoms with Crippen molar-refractivity contribution in [1.29, 1.82) is 0 Å². The van der Waals surface area contributed by atoms with E-state index in [1.165, 1.54) is 0 Å². The fourth-order valence-electron chi connectivity index (χ4n) is 2.39. The molecule has 24 heavy (non-hydrogen) atoms. The molecule has 1 amide bonds. The molecule has 0 radical (unpaired) electrons. The Labute approximate surface area is 142 Å². The first-order chi connectivity index (χ1) is 11.6. The van der Waals surface area contributed by atoms with Gasteiger partial charge in [-0.3, -0.25) is 14.1 Å². The lowest BCUT2D eigenvalue weighted by atomic mass is 10.1. The van der Waals surface area contributed by atoms with Gasteiger partial charge >= 0.3 is 0 Å². The predicted molar refractivity (Wildman–Crippen MR) is 96.2 cm³/mol. The summed E-state index contributed by atoms with van der Waals surface area (Å²) in [7, 11) is -0.933. The Kier molecular flexibility index (Phi) is 4.86. The van der Waals surface area contributed by atoms with E-state index in [0.717, 1.165) is 16.8 Å². The van der Waals surface area contributed by atoms with Crippen molar-refractivity contribution in [3.05, 3.63) is 71.9 Å². The van der Waals surface area contributed by atoms with E-state index in [-0.39, 0.29) is 5.91 Å². The highest BCUT2D eigenvalue weighted by molar-refractivity contribution is 7.83. The first-order valence-corrected chi connectivity index (χ1v) is 9.14. The summed E-state index contributed by atoms with van der Waals surface area (Å²) in [6.45, 7) is 0. The van der Waals surface area contributed by atoms with Crippen molar-refractivity contribution in [1.82, 2.24) is 10.2 Å². The smallest absolute Gasteiger partial charge is 0.255 e. The number of aromatic nitrogens is 2. The number of benzene rings is 2. The van der Waals surface area contributed by atoms with Gasteiger partial charge in [0.2, 0.25) is 0 Å². The highest BCUT2D eigenvalue weighted by atomic mass is 32.2. The Morgan fingerprint density at radius 1 is 1.17 bits per heavy atom. The van der Waals surface area contributed by atoms with Gasteiger partial charge in [-0.05, 0) is 41.5 Å². The Morgan fingerprint density at radius 2 is 1.96 bits per heavy atom. The van der Waals surface area contributed by atoms with Gasteiger partial charge in [-0.2, -0.15) is 5.10 Å². The number of H-pyrrole nitrogens is 1. The number of nitrogens with one attached hydrogen (secondary N) is 2. The summed E-state index contributed by atoms with van der Waals surface area (Å²) in [5, 5.41) is 9.69. The molecule has 0 saturated heterocycles. The molecule has 6 heteroatoms. The van der Waals surface area contributed by atoms with Crippen molar-refractivity contribution >= 4 is 22.4 Å². The molecule has 3 aromatic rings. The second kappa shape index (κ2) is 7.23. The van der Waals surface area contributed by atoms with Crippen molar-refractivity contribution in [3.63, 3.8) is 0 Å². The summed E-state index contributed by atoms with van der Waals surface area (Å²) in [5.74, 6) is 0.257. The van der Waals surface area contributed by atoms with Crippen LogP contribution in [0, 0.1) is 0 Å². The van der Waals surface area contributed by atoms with Gasteiger partial charge < -0.3 is 5.32 Å². The van der Waals surface area contributed by atoms with Crippen LogP contribution in [0.5, 0.6) is 0 Å². The quantitative estimate of drug-likeness (QED) is 0.749.